The lowest BCUT2D eigenvalue weighted by Crippen LogP contribution is -2.41. The van der Waals surface area contributed by atoms with Crippen molar-refractivity contribution in [2.75, 3.05) is 19.6 Å². The average molecular weight is 218 g/mol. The molecule has 16 heavy (non-hydrogen) atoms. The van der Waals surface area contributed by atoms with E-state index in [-0.39, 0.29) is 11.8 Å². The molecule has 3 heteroatoms. The van der Waals surface area contributed by atoms with Gasteiger partial charge in [0.2, 0.25) is 5.91 Å². The van der Waals surface area contributed by atoms with E-state index in [0.717, 1.165) is 13.0 Å². The number of nitrogens with two attached hydrogens (primary N) is 1. The lowest BCUT2D eigenvalue weighted by Gasteiger charge is -2.33. The fraction of sp³-hybridized carbons (Fsp3) is 0.462. The molecule has 0 aromatic heterocycles. The predicted octanol–water partition coefficient (Wildman–Crippen LogP) is 1.13. The molecule has 1 aliphatic carbocycles. The minimum absolute atomic E-state index is 0.0719. The second-order valence-corrected chi connectivity index (χ2v) is 4.16. The van der Waals surface area contributed by atoms with Gasteiger partial charge in [-0.05, 0) is 24.5 Å². The van der Waals surface area contributed by atoms with Crippen molar-refractivity contribution >= 4 is 5.91 Å². The molecule has 0 heterocycles. The molecule has 1 aliphatic rings. The third kappa shape index (κ3) is 1.83. The van der Waals surface area contributed by atoms with Crippen LogP contribution in [0.3, 0.4) is 0 Å². The first-order valence-electron chi connectivity index (χ1n) is 5.84. The van der Waals surface area contributed by atoms with Crippen LogP contribution < -0.4 is 5.73 Å². The molecule has 86 valence electrons. The molecule has 1 amide bonds. The number of likely N-dealkylation sites (N-methyl/N-ethyl adjacent to an activating group) is 1. The zero-order chi connectivity index (χ0) is 11.5. The average Bonchev–Trinajstić information content (AvgIpc) is 2.27. The number of hydrogen-bond acceptors (Lipinski definition) is 2. The molecule has 0 radical (unpaired) electrons. The normalized spacial score (nSPS) is 17.5. The monoisotopic (exact) mass is 218 g/mol. The number of nitrogens with zero attached hydrogens (tertiary/aromatic N) is 1. The van der Waals surface area contributed by atoms with Crippen LogP contribution in [0.25, 0.3) is 0 Å². The van der Waals surface area contributed by atoms with Crippen molar-refractivity contribution in [2.24, 2.45) is 5.73 Å². The van der Waals surface area contributed by atoms with Crippen LogP contribution in [-0.2, 0) is 11.2 Å². The topological polar surface area (TPSA) is 46.3 Å². The summed E-state index contributed by atoms with van der Waals surface area (Å²) < 4.78 is 0. The number of fused-ring (bicyclic) bond motifs is 1. The molecule has 2 rings (SSSR count). The smallest absolute Gasteiger partial charge is 0.230 e. The van der Waals surface area contributed by atoms with Crippen LogP contribution in [0.5, 0.6) is 0 Å². The van der Waals surface area contributed by atoms with Crippen LogP contribution >= 0.6 is 0 Å². The maximum absolute atomic E-state index is 12.2. The summed E-state index contributed by atoms with van der Waals surface area (Å²) in [6, 6.07) is 8.17. The van der Waals surface area contributed by atoms with Gasteiger partial charge >= 0.3 is 0 Å². The lowest BCUT2D eigenvalue weighted by atomic mass is 9.77. The largest absolute Gasteiger partial charge is 0.341 e. The van der Waals surface area contributed by atoms with Crippen LogP contribution in [0.4, 0.5) is 0 Å². The van der Waals surface area contributed by atoms with Gasteiger partial charge in [-0.2, -0.15) is 0 Å². The van der Waals surface area contributed by atoms with Crippen molar-refractivity contribution in [2.45, 2.75) is 19.3 Å². The number of carbonyl (C=O) groups excluding carboxylic acids is 1. The first kappa shape index (κ1) is 11.1. The van der Waals surface area contributed by atoms with Gasteiger partial charge in [0, 0.05) is 19.6 Å². The van der Waals surface area contributed by atoms with Gasteiger partial charge in [0.1, 0.15) is 0 Å². The van der Waals surface area contributed by atoms with Crippen molar-refractivity contribution in [1.82, 2.24) is 4.90 Å². The Morgan fingerprint density at radius 1 is 1.50 bits per heavy atom. The second-order valence-electron chi connectivity index (χ2n) is 4.16. The molecule has 1 atom stereocenters. The molecule has 0 fully saturated rings. The third-order valence-corrected chi connectivity index (χ3v) is 3.25. The Bertz CT molecular complexity index is 389. The van der Waals surface area contributed by atoms with E-state index in [2.05, 4.69) is 12.1 Å². The zero-order valence-corrected chi connectivity index (χ0v) is 9.65. The number of benzene rings is 1. The van der Waals surface area contributed by atoms with E-state index in [1.165, 1.54) is 11.1 Å². The van der Waals surface area contributed by atoms with Gasteiger partial charge in [0.05, 0.1) is 5.92 Å². The van der Waals surface area contributed by atoms with Gasteiger partial charge in [0.15, 0.2) is 0 Å². The fourth-order valence-electron chi connectivity index (χ4n) is 2.28. The fourth-order valence-corrected chi connectivity index (χ4v) is 2.28. The van der Waals surface area contributed by atoms with Crippen LogP contribution in [-0.4, -0.2) is 30.4 Å². The Hall–Kier alpha value is -1.35. The van der Waals surface area contributed by atoms with Gasteiger partial charge in [-0.1, -0.05) is 24.3 Å². The highest BCUT2D eigenvalue weighted by atomic mass is 16.2. The highest BCUT2D eigenvalue weighted by molar-refractivity contribution is 5.86. The number of amides is 1. The first-order chi connectivity index (χ1) is 7.77. The van der Waals surface area contributed by atoms with Gasteiger partial charge in [-0.3, -0.25) is 4.79 Å². The zero-order valence-electron chi connectivity index (χ0n) is 9.65. The Morgan fingerprint density at radius 3 is 2.88 bits per heavy atom. The summed E-state index contributed by atoms with van der Waals surface area (Å²) in [7, 11) is 0. The van der Waals surface area contributed by atoms with Gasteiger partial charge in [-0.15, -0.1) is 0 Å². The molecule has 0 spiro atoms. The molecule has 3 nitrogen and oxygen atoms in total. The van der Waals surface area contributed by atoms with E-state index >= 15 is 0 Å². The third-order valence-electron chi connectivity index (χ3n) is 3.25. The Morgan fingerprint density at radius 2 is 2.25 bits per heavy atom. The molecule has 0 aliphatic heterocycles. The van der Waals surface area contributed by atoms with E-state index in [0.29, 0.717) is 13.1 Å². The van der Waals surface area contributed by atoms with Crippen molar-refractivity contribution < 1.29 is 4.79 Å². The minimum Gasteiger partial charge on any atom is -0.341 e. The Balaban J connectivity index is 2.08. The molecule has 0 bridgehead atoms. The Labute approximate surface area is 96.2 Å². The standard InChI is InChI=1S/C13H18N2O/c1-2-15(8-7-14)13(16)12-9-10-5-3-4-6-11(10)12/h3-6,12H,2,7-9,14H2,1H3. The predicted molar refractivity (Wildman–Crippen MR) is 64.2 cm³/mol. The summed E-state index contributed by atoms with van der Waals surface area (Å²) in [6.45, 7) is 3.94. The minimum atomic E-state index is 0.0719. The molecule has 2 N–H and O–H groups in total. The summed E-state index contributed by atoms with van der Waals surface area (Å²) >= 11 is 0. The Kier molecular flexibility index (Phi) is 3.25. The van der Waals surface area contributed by atoms with Gasteiger partial charge in [0.25, 0.3) is 0 Å². The van der Waals surface area contributed by atoms with Gasteiger partial charge in [-0.25, -0.2) is 0 Å². The number of hydrogen-bond donors (Lipinski definition) is 1. The van der Waals surface area contributed by atoms with Crippen molar-refractivity contribution in [3.05, 3.63) is 35.4 Å². The molecule has 0 saturated heterocycles. The summed E-state index contributed by atoms with van der Waals surface area (Å²) in [4.78, 5) is 14.0. The molecule has 0 saturated carbocycles. The van der Waals surface area contributed by atoms with E-state index in [1.54, 1.807) is 0 Å². The highest BCUT2D eigenvalue weighted by Crippen LogP contribution is 2.35. The molecule has 1 aromatic carbocycles. The van der Waals surface area contributed by atoms with E-state index in [4.69, 9.17) is 5.73 Å². The summed E-state index contributed by atoms with van der Waals surface area (Å²) in [5.74, 6) is 0.300. The van der Waals surface area contributed by atoms with Gasteiger partial charge < -0.3 is 10.6 Å². The number of carbonyl (C=O) groups is 1. The van der Waals surface area contributed by atoms with Crippen molar-refractivity contribution in [3.8, 4) is 0 Å². The summed E-state index contributed by atoms with van der Waals surface area (Å²) in [5, 5.41) is 0. The highest BCUT2D eigenvalue weighted by Gasteiger charge is 2.33. The second kappa shape index (κ2) is 4.66. The lowest BCUT2D eigenvalue weighted by molar-refractivity contribution is -0.133. The van der Waals surface area contributed by atoms with Crippen LogP contribution in [0.15, 0.2) is 24.3 Å². The summed E-state index contributed by atoms with van der Waals surface area (Å²) in [6.07, 6.45) is 0.885. The van der Waals surface area contributed by atoms with E-state index < -0.39 is 0 Å². The van der Waals surface area contributed by atoms with Crippen LogP contribution in [0.1, 0.15) is 24.0 Å². The molecular weight excluding hydrogens is 200 g/mol. The van der Waals surface area contributed by atoms with Crippen LogP contribution in [0, 0.1) is 0 Å². The van der Waals surface area contributed by atoms with Crippen molar-refractivity contribution in [1.29, 1.82) is 0 Å². The maximum Gasteiger partial charge on any atom is 0.230 e. The van der Waals surface area contributed by atoms with E-state index in [1.807, 2.05) is 24.0 Å². The molecular formula is C13H18N2O. The van der Waals surface area contributed by atoms with E-state index in [9.17, 15) is 4.79 Å². The van der Waals surface area contributed by atoms with Crippen LogP contribution in [0.2, 0.25) is 0 Å². The quantitative estimate of drug-likeness (QED) is 0.823. The summed E-state index contributed by atoms with van der Waals surface area (Å²) in [5.41, 5.74) is 8.01. The first-order valence-corrected chi connectivity index (χ1v) is 5.84. The number of rotatable bonds is 4. The van der Waals surface area contributed by atoms with Crippen molar-refractivity contribution in [3.63, 3.8) is 0 Å². The molecule has 1 unspecified atom stereocenters. The molecule has 1 aromatic rings. The maximum atomic E-state index is 12.2. The SMILES string of the molecule is CCN(CCN)C(=O)C1Cc2ccccc21.